The van der Waals surface area contributed by atoms with Crippen LogP contribution in [0, 0.1) is 16.0 Å². The fraction of sp³-hybridized carbons (Fsp3) is 0.381. The Balaban J connectivity index is 1.95. The number of methoxy groups -OCH3 is 1. The third-order valence-corrected chi connectivity index (χ3v) is 4.22. The van der Waals surface area contributed by atoms with E-state index in [1.165, 1.54) is 30.9 Å². The molecule has 2 aromatic rings. The fourth-order valence-electron chi connectivity index (χ4n) is 2.82. The van der Waals surface area contributed by atoms with Crippen LogP contribution in [0.25, 0.3) is 0 Å². The van der Waals surface area contributed by atoms with E-state index in [1.54, 1.807) is 0 Å². The molecule has 7 heteroatoms. The second-order valence-electron chi connectivity index (χ2n) is 7.01. The molecule has 0 saturated heterocycles. The molecule has 1 N–H and O–H groups in total. The van der Waals surface area contributed by atoms with Crippen LogP contribution in [0.4, 0.5) is 5.69 Å². The number of carbonyl (C=O) groups excluding carboxylic acids is 1. The van der Waals surface area contributed by atoms with E-state index in [2.05, 4.69) is 31.3 Å². The molecule has 2 aromatic carbocycles. The van der Waals surface area contributed by atoms with E-state index in [0.29, 0.717) is 11.7 Å². The van der Waals surface area contributed by atoms with E-state index in [0.717, 1.165) is 12.0 Å². The molecule has 150 valence electrons. The van der Waals surface area contributed by atoms with Crippen molar-refractivity contribution in [1.82, 2.24) is 5.32 Å². The van der Waals surface area contributed by atoms with Crippen molar-refractivity contribution >= 4 is 11.6 Å². The van der Waals surface area contributed by atoms with Crippen molar-refractivity contribution in [2.75, 3.05) is 13.7 Å². The van der Waals surface area contributed by atoms with Crippen LogP contribution in [0.1, 0.15) is 37.9 Å². The Hall–Kier alpha value is -3.09. The molecule has 0 bridgehead atoms. The number of nitro groups is 1. The number of nitrogens with one attached hydrogen (secondary N) is 1. The predicted octanol–water partition coefficient (Wildman–Crippen LogP) is 4.06. The van der Waals surface area contributed by atoms with Crippen molar-refractivity contribution in [2.45, 2.75) is 33.2 Å². The zero-order valence-electron chi connectivity index (χ0n) is 16.6. The molecule has 0 aromatic heterocycles. The first kappa shape index (κ1) is 21.2. The van der Waals surface area contributed by atoms with Gasteiger partial charge in [0.1, 0.15) is 0 Å². The van der Waals surface area contributed by atoms with E-state index in [1.807, 2.05) is 19.1 Å². The van der Waals surface area contributed by atoms with Crippen molar-refractivity contribution in [3.05, 3.63) is 63.7 Å². The average molecular weight is 386 g/mol. The van der Waals surface area contributed by atoms with Crippen LogP contribution < -0.4 is 14.8 Å². The number of benzene rings is 2. The molecule has 0 aliphatic heterocycles. The van der Waals surface area contributed by atoms with Crippen LogP contribution in [-0.2, 0) is 11.2 Å². The SMILES string of the molecule is COc1ccc([N+](=O)[O-])cc1OCC(=O)N[C@@H](C)c1ccc(CC(C)C)cc1. The lowest BCUT2D eigenvalue weighted by atomic mass is 10.00. The van der Waals surface area contributed by atoms with Crippen molar-refractivity contribution in [3.8, 4) is 11.5 Å². The Labute approximate surface area is 164 Å². The van der Waals surface area contributed by atoms with Gasteiger partial charge in [-0.2, -0.15) is 0 Å². The second-order valence-corrected chi connectivity index (χ2v) is 7.01. The molecule has 0 aliphatic rings. The van der Waals surface area contributed by atoms with E-state index >= 15 is 0 Å². The van der Waals surface area contributed by atoms with Gasteiger partial charge in [-0.05, 0) is 36.5 Å². The predicted molar refractivity (Wildman–Crippen MR) is 107 cm³/mol. The Kier molecular flexibility index (Phi) is 7.37. The molecule has 2 rings (SSSR count). The maximum Gasteiger partial charge on any atom is 0.273 e. The van der Waals surface area contributed by atoms with Crippen LogP contribution >= 0.6 is 0 Å². The van der Waals surface area contributed by atoms with Crippen molar-refractivity contribution < 1.29 is 19.2 Å². The lowest BCUT2D eigenvalue weighted by Crippen LogP contribution is -2.31. The molecular weight excluding hydrogens is 360 g/mol. The zero-order chi connectivity index (χ0) is 20.7. The van der Waals surface area contributed by atoms with Crippen LogP contribution in [0.3, 0.4) is 0 Å². The molecule has 0 spiro atoms. The minimum Gasteiger partial charge on any atom is -0.493 e. The van der Waals surface area contributed by atoms with Gasteiger partial charge in [0, 0.05) is 6.07 Å². The van der Waals surface area contributed by atoms with E-state index in [9.17, 15) is 14.9 Å². The summed E-state index contributed by atoms with van der Waals surface area (Å²) in [6, 6.07) is 12.0. The van der Waals surface area contributed by atoms with Crippen LogP contribution in [0.15, 0.2) is 42.5 Å². The smallest absolute Gasteiger partial charge is 0.273 e. The second kappa shape index (κ2) is 9.73. The Bertz CT molecular complexity index is 818. The van der Waals surface area contributed by atoms with Gasteiger partial charge in [0.25, 0.3) is 11.6 Å². The molecular formula is C21H26N2O5. The number of nitrogens with zero attached hydrogens (tertiary/aromatic N) is 1. The van der Waals surface area contributed by atoms with E-state index in [-0.39, 0.29) is 30.0 Å². The minimum absolute atomic E-state index is 0.133. The largest absolute Gasteiger partial charge is 0.493 e. The Morgan fingerprint density at radius 3 is 2.36 bits per heavy atom. The molecule has 0 radical (unpaired) electrons. The highest BCUT2D eigenvalue weighted by molar-refractivity contribution is 5.78. The van der Waals surface area contributed by atoms with Crippen LogP contribution in [0.2, 0.25) is 0 Å². The lowest BCUT2D eigenvalue weighted by Gasteiger charge is -2.16. The minimum atomic E-state index is -0.530. The summed E-state index contributed by atoms with van der Waals surface area (Å²) < 4.78 is 10.6. The number of ether oxygens (including phenoxy) is 2. The van der Waals surface area contributed by atoms with Crippen LogP contribution in [-0.4, -0.2) is 24.5 Å². The summed E-state index contributed by atoms with van der Waals surface area (Å²) in [7, 11) is 1.43. The first-order valence-corrected chi connectivity index (χ1v) is 9.13. The molecule has 0 heterocycles. The molecule has 0 fully saturated rings. The van der Waals surface area contributed by atoms with Gasteiger partial charge in [-0.15, -0.1) is 0 Å². The van der Waals surface area contributed by atoms with Gasteiger partial charge in [-0.3, -0.25) is 14.9 Å². The summed E-state index contributed by atoms with van der Waals surface area (Å²) in [5.41, 5.74) is 2.12. The maximum absolute atomic E-state index is 12.2. The summed E-state index contributed by atoms with van der Waals surface area (Å²) in [6.07, 6.45) is 1.01. The summed E-state index contributed by atoms with van der Waals surface area (Å²) in [5, 5.41) is 13.8. The number of amides is 1. The Morgan fingerprint density at radius 2 is 1.79 bits per heavy atom. The number of nitro benzene ring substituents is 1. The first-order valence-electron chi connectivity index (χ1n) is 9.13. The quantitative estimate of drug-likeness (QED) is 0.518. The van der Waals surface area contributed by atoms with Gasteiger partial charge < -0.3 is 14.8 Å². The molecule has 1 atom stereocenters. The van der Waals surface area contributed by atoms with Crippen molar-refractivity contribution in [2.24, 2.45) is 5.92 Å². The lowest BCUT2D eigenvalue weighted by molar-refractivity contribution is -0.385. The molecule has 28 heavy (non-hydrogen) atoms. The van der Waals surface area contributed by atoms with E-state index < -0.39 is 4.92 Å². The number of hydrogen-bond donors (Lipinski definition) is 1. The monoisotopic (exact) mass is 386 g/mol. The van der Waals surface area contributed by atoms with Crippen molar-refractivity contribution in [3.63, 3.8) is 0 Å². The highest BCUT2D eigenvalue weighted by Crippen LogP contribution is 2.31. The average Bonchev–Trinajstić information content (AvgIpc) is 2.66. The van der Waals surface area contributed by atoms with Gasteiger partial charge in [0.05, 0.1) is 24.1 Å². The topological polar surface area (TPSA) is 90.7 Å². The molecule has 0 aliphatic carbocycles. The van der Waals surface area contributed by atoms with Gasteiger partial charge in [0.2, 0.25) is 0 Å². The number of rotatable bonds is 9. The summed E-state index contributed by atoms with van der Waals surface area (Å²) >= 11 is 0. The summed E-state index contributed by atoms with van der Waals surface area (Å²) in [4.78, 5) is 22.6. The third kappa shape index (κ3) is 5.97. The number of hydrogen-bond acceptors (Lipinski definition) is 5. The van der Waals surface area contributed by atoms with Gasteiger partial charge in [-0.25, -0.2) is 0 Å². The fourth-order valence-corrected chi connectivity index (χ4v) is 2.82. The molecule has 0 saturated carbocycles. The molecule has 0 unspecified atom stereocenters. The summed E-state index contributed by atoms with van der Waals surface area (Å²) in [5.74, 6) is 0.739. The number of non-ortho nitro benzene ring substituents is 1. The third-order valence-electron chi connectivity index (χ3n) is 4.22. The first-order chi connectivity index (χ1) is 13.3. The van der Waals surface area contributed by atoms with Crippen molar-refractivity contribution in [1.29, 1.82) is 0 Å². The normalized spacial score (nSPS) is 11.8. The van der Waals surface area contributed by atoms with Gasteiger partial charge in [-0.1, -0.05) is 38.1 Å². The van der Waals surface area contributed by atoms with Crippen LogP contribution in [0.5, 0.6) is 11.5 Å². The van der Waals surface area contributed by atoms with Gasteiger partial charge >= 0.3 is 0 Å². The molecule has 1 amide bonds. The van der Waals surface area contributed by atoms with Gasteiger partial charge in [0.15, 0.2) is 18.1 Å². The number of carbonyl (C=O) groups is 1. The molecule has 7 nitrogen and oxygen atoms in total. The summed E-state index contributed by atoms with van der Waals surface area (Å²) in [6.45, 7) is 5.97. The van der Waals surface area contributed by atoms with E-state index in [4.69, 9.17) is 9.47 Å². The highest BCUT2D eigenvalue weighted by atomic mass is 16.6. The maximum atomic E-state index is 12.2. The Morgan fingerprint density at radius 1 is 1.11 bits per heavy atom. The highest BCUT2D eigenvalue weighted by Gasteiger charge is 2.15. The standard InChI is InChI=1S/C21H26N2O5/c1-14(2)11-16-5-7-17(8-6-16)15(3)22-21(24)13-28-20-12-18(23(25)26)9-10-19(20)27-4/h5-10,12,14-15H,11,13H2,1-4H3,(H,22,24)/t15-/m0/s1. The zero-order valence-corrected chi connectivity index (χ0v) is 16.6.